The van der Waals surface area contributed by atoms with Crippen molar-refractivity contribution in [2.24, 2.45) is 0 Å². The lowest BCUT2D eigenvalue weighted by Crippen LogP contribution is -2.66. The molecule has 3 fully saturated rings. The van der Waals surface area contributed by atoms with E-state index >= 15 is 0 Å². The molecule has 0 aromatic heterocycles. The summed E-state index contributed by atoms with van der Waals surface area (Å²) in [6.07, 6.45) is -25.1. The summed E-state index contributed by atoms with van der Waals surface area (Å²) in [7, 11) is 0. The van der Waals surface area contributed by atoms with Crippen LogP contribution in [0, 0.1) is 0 Å². The van der Waals surface area contributed by atoms with Gasteiger partial charge in [0.2, 0.25) is 0 Å². The molecule has 34 heavy (non-hydrogen) atoms. The van der Waals surface area contributed by atoms with Crippen molar-refractivity contribution < 1.29 is 79.9 Å². The van der Waals surface area contributed by atoms with Crippen LogP contribution in [0.4, 0.5) is 0 Å². The number of aliphatic hydroxyl groups excluding tert-OH is 11. The summed E-state index contributed by atoms with van der Waals surface area (Å²) in [5.41, 5.74) is 0. The molecule has 16 heteroatoms. The molecule has 0 aromatic rings. The second-order valence-corrected chi connectivity index (χ2v) is 8.33. The van der Waals surface area contributed by atoms with E-state index in [0.29, 0.717) is 0 Å². The monoisotopic (exact) mass is 504 g/mol. The maximum Gasteiger partial charge on any atom is 0.187 e. The zero-order valence-electron chi connectivity index (χ0n) is 17.7. The van der Waals surface area contributed by atoms with Crippen LogP contribution < -0.4 is 0 Å². The van der Waals surface area contributed by atoms with Gasteiger partial charge in [-0.05, 0) is 0 Å². The lowest BCUT2D eigenvalue weighted by atomic mass is 9.96. The van der Waals surface area contributed by atoms with Crippen LogP contribution in [0.15, 0.2) is 0 Å². The molecule has 3 saturated heterocycles. The fourth-order valence-electron chi connectivity index (χ4n) is 4.06. The van der Waals surface area contributed by atoms with Crippen LogP contribution in [0.25, 0.3) is 0 Å². The van der Waals surface area contributed by atoms with Crippen LogP contribution in [0.2, 0.25) is 0 Å². The molecule has 15 atom stereocenters. The average Bonchev–Trinajstić information content (AvgIpc) is 2.83. The van der Waals surface area contributed by atoms with Crippen molar-refractivity contribution in [2.75, 3.05) is 19.8 Å². The second-order valence-electron chi connectivity index (χ2n) is 8.33. The van der Waals surface area contributed by atoms with Gasteiger partial charge in [0.05, 0.1) is 19.8 Å². The Bertz CT molecular complexity index is 635. The minimum absolute atomic E-state index is 0.741. The summed E-state index contributed by atoms with van der Waals surface area (Å²) in [6, 6.07) is 0. The van der Waals surface area contributed by atoms with Crippen molar-refractivity contribution in [2.45, 2.75) is 92.1 Å². The molecule has 0 spiro atoms. The van der Waals surface area contributed by atoms with E-state index in [-0.39, 0.29) is 0 Å². The van der Waals surface area contributed by atoms with Gasteiger partial charge in [-0.1, -0.05) is 0 Å². The number of rotatable bonds is 7. The molecule has 0 amide bonds. The lowest BCUT2D eigenvalue weighted by molar-refractivity contribution is -0.377. The minimum atomic E-state index is -1.91. The topological polar surface area (TPSA) is 269 Å². The summed E-state index contributed by atoms with van der Waals surface area (Å²) in [5.74, 6) is 0. The van der Waals surface area contributed by atoms with Crippen LogP contribution in [0.1, 0.15) is 0 Å². The predicted molar refractivity (Wildman–Crippen MR) is 101 cm³/mol. The zero-order valence-corrected chi connectivity index (χ0v) is 17.7. The first-order valence-corrected chi connectivity index (χ1v) is 10.6. The van der Waals surface area contributed by atoms with Gasteiger partial charge in [-0.25, -0.2) is 0 Å². The Morgan fingerprint density at radius 3 is 1.35 bits per heavy atom. The Morgan fingerprint density at radius 1 is 0.441 bits per heavy atom. The first-order chi connectivity index (χ1) is 16.0. The number of hydrogen-bond acceptors (Lipinski definition) is 16. The van der Waals surface area contributed by atoms with E-state index in [9.17, 15) is 56.2 Å². The van der Waals surface area contributed by atoms with Gasteiger partial charge in [0.1, 0.15) is 73.2 Å². The Hall–Kier alpha value is -0.640. The van der Waals surface area contributed by atoms with Gasteiger partial charge in [0.15, 0.2) is 18.9 Å². The number of hydrogen-bond donors (Lipinski definition) is 11. The van der Waals surface area contributed by atoms with Crippen molar-refractivity contribution in [3.05, 3.63) is 0 Å². The van der Waals surface area contributed by atoms with E-state index in [0.717, 1.165) is 0 Å². The number of ether oxygens (including phenoxy) is 5. The largest absolute Gasteiger partial charge is 0.394 e. The van der Waals surface area contributed by atoms with E-state index in [1.807, 2.05) is 0 Å². The molecule has 3 aliphatic heterocycles. The first kappa shape index (κ1) is 27.9. The third-order valence-electron chi connectivity index (χ3n) is 6.09. The normalized spacial score (nSPS) is 52.5. The van der Waals surface area contributed by atoms with Crippen LogP contribution in [-0.4, -0.2) is 168 Å². The second kappa shape index (κ2) is 11.6. The van der Waals surface area contributed by atoms with Crippen LogP contribution in [0.3, 0.4) is 0 Å². The summed E-state index contributed by atoms with van der Waals surface area (Å²) < 4.78 is 26.4. The maximum atomic E-state index is 10.6. The molecule has 11 N–H and O–H groups in total. The van der Waals surface area contributed by atoms with Crippen LogP contribution in [-0.2, 0) is 23.7 Å². The molecule has 0 saturated carbocycles. The zero-order chi connectivity index (χ0) is 25.3. The van der Waals surface area contributed by atoms with Crippen molar-refractivity contribution in [1.82, 2.24) is 0 Å². The van der Waals surface area contributed by atoms with Crippen molar-refractivity contribution in [3.8, 4) is 0 Å². The smallest absolute Gasteiger partial charge is 0.187 e. The molecule has 9 unspecified atom stereocenters. The molecular weight excluding hydrogens is 472 g/mol. The maximum absolute atomic E-state index is 10.6. The summed E-state index contributed by atoms with van der Waals surface area (Å²) in [5, 5.41) is 109. The Kier molecular flexibility index (Phi) is 9.54. The van der Waals surface area contributed by atoms with Gasteiger partial charge in [0, 0.05) is 0 Å². The number of aliphatic hydroxyl groups is 11. The summed E-state index contributed by atoms with van der Waals surface area (Å²) >= 11 is 0. The standard InChI is InChI=1S/C18H32O16/c19-1-4-7(22)8(23)12(27)17(31-4)34-15-6(3-21)32-18(13(28)10(15)25)33-14-5(2-20)30-16(29)11(26)9(14)24/h4-29H,1-3H2/t4?,5?,6?,7-,8?,9?,10?,11?,12?,13?,14-,15-,16-,17+,18+/m1/s1. The van der Waals surface area contributed by atoms with Gasteiger partial charge >= 0.3 is 0 Å². The fraction of sp³-hybridized carbons (Fsp3) is 1.00. The van der Waals surface area contributed by atoms with Crippen molar-refractivity contribution in [3.63, 3.8) is 0 Å². The highest BCUT2D eigenvalue weighted by atomic mass is 16.8. The van der Waals surface area contributed by atoms with Gasteiger partial charge in [0.25, 0.3) is 0 Å². The highest BCUT2D eigenvalue weighted by Crippen LogP contribution is 2.32. The predicted octanol–water partition coefficient (Wildman–Crippen LogP) is -7.57. The molecule has 0 radical (unpaired) electrons. The lowest BCUT2D eigenvalue weighted by Gasteiger charge is -2.47. The molecule has 3 aliphatic rings. The van der Waals surface area contributed by atoms with Crippen molar-refractivity contribution in [1.29, 1.82) is 0 Å². The average molecular weight is 504 g/mol. The molecule has 3 heterocycles. The Balaban J connectivity index is 1.72. The van der Waals surface area contributed by atoms with Gasteiger partial charge in [-0.2, -0.15) is 0 Å². The molecule has 0 aliphatic carbocycles. The van der Waals surface area contributed by atoms with E-state index in [1.165, 1.54) is 0 Å². The highest BCUT2D eigenvalue weighted by Gasteiger charge is 2.53. The van der Waals surface area contributed by atoms with Crippen LogP contribution >= 0.6 is 0 Å². The fourth-order valence-corrected chi connectivity index (χ4v) is 4.06. The molecule has 16 nitrogen and oxygen atoms in total. The van der Waals surface area contributed by atoms with Crippen molar-refractivity contribution >= 4 is 0 Å². The van der Waals surface area contributed by atoms with E-state index in [4.69, 9.17) is 23.7 Å². The van der Waals surface area contributed by atoms with E-state index < -0.39 is 112 Å². The molecule has 3 rings (SSSR count). The molecule has 0 aromatic carbocycles. The quantitative estimate of drug-likeness (QED) is 0.154. The minimum Gasteiger partial charge on any atom is -0.394 e. The Labute approximate surface area is 192 Å². The summed E-state index contributed by atoms with van der Waals surface area (Å²) in [4.78, 5) is 0. The van der Waals surface area contributed by atoms with Gasteiger partial charge < -0.3 is 79.9 Å². The SMILES string of the molecule is OCC1O[C@@H](O[C@@H]2C(CO)O[C@@H](O[C@@H]3C(CO)O[C@@H](O)C(O)C3O)C(O)C2O)C(O)C(O)[C@@H]1O. The third kappa shape index (κ3) is 5.37. The van der Waals surface area contributed by atoms with Gasteiger partial charge in [-0.3, -0.25) is 0 Å². The Morgan fingerprint density at radius 2 is 0.853 bits per heavy atom. The third-order valence-corrected chi connectivity index (χ3v) is 6.09. The van der Waals surface area contributed by atoms with E-state index in [1.54, 1.807) is 0 Å². The van der Waals surface area contributed by atoms with Crippen LogP contribution in [0.5, 0.6) is 0 Å². The first-order valence-electron chi connectivity index (χ1n) is 10.6. The van der Waals surface area contributed by atoms with E-state index in [2.05, 4.69) is 0 Å². The molecule has 200 valence electrons. The molecule has 0 bridgehead atoms. The highest BCUT2D eigenvalue weighted by molar-refractivity contribution is 4.96. The molecular formula is C18H32O16. The van der Waals surface area contributed by atoms with Gasteiger partial charge in [-0.15, -0.1) is 0 Å². The summed E-state index contributed by atoms with van der Waals surface area (Å²) in [6.45, 7) is -2.32.